The van der Waals surface area contributed by atoms with Crippen LogP contribution in [0, 0.1) is 13.8 Å². The molecule has 0 aliphatic heterocycles. The molecule has 0 atom stereocenters. The molecule has 0 amide bonds. The minimum atomic E-state index is -0.559. The molecule has 0 spiro atoms. The quantitative estimate of drug-likeness (QED) is 0.467. The van der Waals surface area contributed by atoms with Crippen molar-refractivity contribution in [3.8, 4) is 0 Å². The number of hydrogen-bond donors (Lipinski definition) is 0. The first-order valence-electron chi connectivity index (χ1n) is 8.96. The van der Waals surface area contributed by atoms with Crippen molar-refractivity contribution < 1.29 is 23.5 Å². The van der Waals surface area contributed by atoms with E-state index in [2.05, 4.69) is 4.98 Å². The third kappa shape index (κ3) is 4.28. The molecule has 0 radical (unpaired) electrons. The molecule has 6 nitrogen and oxygen atoms in total. The van der Waals surface area contributed by atoms with Gasteiger partial charge in [0.25, 0.3) is 0 Å². The predicted octanol–water partition coefficient (Wildman–Crippen LogP) is 4.38. The number of rotatable bonds is 6. The Balaban J connectivity index is 1.84. The highest BCUT2D eigenvalue weighted by Gasteiger charge is 2.20. The summed E-state index contributed by atoms with van der Waals surface area (Å²) in [4.78, 5) is 29.0. The van der Waals surface area contributed by atoms with Crippen LogP contribution < -0.4 is 0 Å². The Morgan fingerprint density at radius 2 is 1.89 bits per heavy atom. The van der Waals surface area contributed by atoms with Crippen molar-refractivity contribution >= 4 is 28.9 Å². The number of aromatic nitrogens is 1. The van der Waals surface area contributed by atoms with Gasteiger partial charge in [0, 0.05) is 11.5 Å². The molecule has 1 aromatic carbocycles. The van der Waals surface area contributed by atoms with Crippen LogP contribution in [0.2, 0.25) is 0 Å². The molecule has 0 saturated heterocycles. The lowest BCUT2D eigenvalue weighted by atomic mass is 10.0. The van der Waals surface area contributed by atoms with Crippen LogP contribution in [0.25, 0.3) is 17.0 Å². The van der Waals surface area contributed by atoms with Crippen molar-refractivity contribution in [2.75, 3.05) is 6.61 Å². The number of benzene rings is 1. The summed E-state index contributed by atoms with van der Waals surface area (Å²) < 4.78 is 15.8. The summed E-state index contributed by atoms with van der Waals surface area (Å²) in [7, 11) is 0. The van der Waals surface area contributed by atoms with Crippen LogP contribution in [0.3, 0.4) is 0 Å². The van der Waals surface area contributed by atoms with Crippen molar-refractivity contribution in [2.45, 2.75) is 27.4 Å². The standard InChI is InChI=1S/C22H21NO5/c1-4-26-22(25)21-15(3)17-7-5-6-8-18(17)23-19(21)13-27-20(24)12-11-16-10-9-14(2)28-16/h5-12H,4,13H2,1-3H3/b12-11+. The van der Waals surface area contributed by atoms with Crippen LogP contribution in [0.5, 0.6) is 0 Å². The van der Waals surface area contributed by atoms with E-state index >= 15 is 0 Å². The molecule has 0 fully saturated rings. The van der Waals surface area contributed by atoms with E-state index in [0.717, 1.165) is 22.2 Å². The highest BCUT2D eigenvalue weighted by Crippen LogP contribution is 2.24. The number of aryl methyl sites for hydroxylation is 2. The van der Waals surface area contributed by atoms with E-state index in [-0.39, 0.29) is 13.2 Å². The van der Waals surface area contributed by atoms with Gasteiger partial charge in [0.05, 0.1) is 23.4 Å². The number of pyridine rings is 1. The second-order valence-corrected chi connectivity index (χ2v) is 6.19. The Kier molecular flexibility index (Phi) is 5.89. The minimum absolute atomic E-state index is 0.139. The van der Waals surface area contributed by atoms with Crippen molar-refractivity contribution in [3.05, 3.63) is 70.8 Å². The zero-order valence-corrected chi connectivity index (χ0v) is 16.0. The van der Waals surface area contributed by atoms with E-state index in [9.17, 15) is 9.59 Å². The van der Waals surface area contributed by atoms with E-state index in [4.69, 9.17) is 13.9 Å². The fourth-order valence-electron chi connectivity index (χ4n) is 2.90. The lowest BCUT2D eigenvalue weighted by molar-refractivity contribution is -0.139. The van der Waals surface area contributed by atoms with Gasteiger partial charge >= 0.3 is 11.9 Å². The molecule has 0 N–H and O–H groups in total. The number of carbonyl (C=O) groups is 2. The summed E-state index contributed by atoms with van der Waals surface area (Å²) in [5, 5.41) is 0.855. The van der Waals surface area contributed by atoms with E-state index < -0.39 is 11.9 Å². The maximum atomic E-state index is 12.5. The van der Waals surface area contributed by atoms with Gasteiger partial charge in [-0.05, 0) is 50.6 Å². The summed E-state index contributed by atoms with van der Waals surface area (Å²) in [5.41, 5.74) is 2.17. The van der Waals surface area contributed by atoms with Gasteiger partial charge in [-0.15, -0.1) is 0 Å². The third-order valence-electron chi connectivity index (χ3n) is 4.20. The highest BCUT2D eigenvalue weighted by molar-refractivity contribution is 5.98. The Morgan fingerprint density at radius 3 is 2.61 bits per heavy atom. The molecule has 0 aliphatic carbocycles. The third-order valence-corrected chi connectivity index (χ3v) is 4.20. The van der Waals surface area contributed by atoms with Gasteiger partial charge in [0.1, 0.15) is 18.1 Å². The van der Waals surface area contributed by atoms with E-state index in [1.165, 1.54) is 12.2 Å². The number of fused-ring (bicyclic) bond motifs is 1. The Bertz CT molecular complexity index is 1050. The number of ether oxygens (including phenoxy) is 2. The maximum Gasteiger partial charge on any atom is 0.340 e. The SMILES string of the molecule is CCOC(=O)c1c(COC(=O)/C=C/c2ccc(C)o2)nc2ccccc2c1C. The summed E-state index contributed by atoms with van der Waals surface area (Å²) in [6, 6.07) is 11.0. The lowest BCUT2D eigenvalue weighted by Crippen LogP contribution is -2.14. The minimum Gasteiger partial charge on any atom is -0.462 e. The number of hydrogen-bond acceptors (Lipinski definition) is 6. The van der Waals surface area contributed by atoms with Crippen molar-refractivity contribution in [1.82, 2.24) is 4.98 Å². The summed E-state index contributed by atoms with van der Waals surface area (Å²) in [6.45, 7) is 5.50. The summed E-state index contributed by atoms with van der Waals surface area (Å²) in [5.74, 6) is 0.270. The number of carbonyl (C=O) groups excluding carboxylic acids is 2. The normalized spacial score (nSPS) is 11.1. The first-order chi connectivity index (χ1) is 13.5. The molecule has 3 aromatic rings. The molecular formula is C22H21NO5. The van der Waals surface area contributed by atoms with Crippen LogP contribution in [0.15, 0.2) is 46.9 Å². The van der Waals surface area contributed by atoms with Crippen LogP contribution in [-0.2, 0) is 20.9 Å². The van der Waals surface area contributed by atoms with Gasteiger partial charge in [-0.3, -0.25) is 0 Å². The first kappa shape index (κ1) is 19.4. The average molecular weight is 379 g/mol. The van der Waals surface area contributed by atoms with Gasteiger partial charge in [0.15, 0.2) is 0 Å². The lowest BCUT2D eigenvalue weighted by Gasteiger charge is -2.13. The molecule has 3 rings (SSSR count). The van der Waals surface area contributed by atoms with Gasteiger partial charge in [0.2, 0.25) is 0 Å². The van der Waals surface area contributed by atoms with Crippen LogP contribution in [0.1, 0.15) is 40.1 Å². The molecule has 0 saturated carbocycles. The van der Waals surface area contributed by atoms with E-state index in [0.29, 0.717) is 17.0 Å². The monoisotopic (exact) mass is 379 g/mol. The largest absolute Gasteiger partial charge is 0.462 e. The van der Waals surface area contributed by atoms with Gasteiger partial charge in [-0.2, -0.15) is 0 Å². The zero-order chi connectivity index (χ0) is 20.1. The zero-order valence-electron chi connectivity index (χ0n) is 16.0. The molecule has 0 bridgehead atoms. The molecule has 0 unspecified atom stereocenters. The summed E-state index contributed by atoms with van der Waals surface area (Å²) >= 11 is 0. The predicted molar refractivity (Wildman–Crippen MR) is 105 cm³/mol. The van der Waals surface area contributed by atoms with E-state index in [1.54, 1.807) is 19.1 Å². The van der Waals surface area contributed by atoms with Gasteiger partial charge < -0.3 is 13.9 Å². The fraction of sp³-hybridized carbons (Fsp3) is 0.227. The van der Waals surface area contributed by atoms with Gasteiger partial charge in [-0.1, -0.05) is 18.2 Å². The number of nitrogens with zero attached hydrogens (tertiary/aromatic N) is 1. The maximum absolute atomic E-state index is 12.5. The van der Waals surface area contributed by atoms with Gasteiger partial charge in [-0.25, -0.2) is 14.6 Å². The molecule has 144 valence electrons. The Morgan fingerprint density at radius 1 is 1.11 bits per heavy atom. The Hall–Kier alpha value is -3.41. The van der Waals surface area contributed by atoms with Crippen molar-refractivity contribution in [3.63, 3.8) is 0 Å². The first-order valence-corrected chi connectivity index (χ1v) is 8.96. The van der Waals surface area contributed by atoms with Crippen LogP contribution >= 0.6 is 0 Å². The highest BCUT2D eigenvalue weighted by atomic mass is 16.5. The number of para-hydroxylation sites is 1. The average Bonchev–Trinajstić information content (AvgIpc) is 3.10. The van der Waals surface area contributed by atoms with E-state index in [1.807, 2.05) is 38.1 Å². The Labute approximate surface area is 162 Å². The molecule has 2 aromatic heterocycles. The number of furan rings is 1. The molecule has 28 heavy (non-hydrogen) atoms. The molecule has 6 heteroatoms. The van der Waals surface area contributed by atoms with Crippen LogP contribution in [0.4, 0.5) is 0 Å². The second kappa shape index (κ2) is 8.52. The number of esters is 2. The van der Waals surface area contributed by atoms with Crippen molar-refractivity contribution in [1.29, 1.82) is 0 Å². The smallest absolute Gasteiger partial charge is 0.340 e. The topological polar surface area (TPSA) is 78.6 Å². The summed E-state index contributed by atoms with van der Waals surface area (Å²) in [6.07, 6.45) is 2.80. The van der Waals surface area contributed by atoms with Crippen molar-refractivity contribution in [2.24, 2.45) is 0 Å². The fourth-order valence-corrected chi connectivity index (χ4v) is 2.90. The molecule has 2 heterocycles. The van der Waals surface area contributed by atoms with Crippen LogP contribution in [-0.4, -0.2) is 23.5 Å². The molecule has 0 aliphatic rings. The molecular weight excluding hydrogens is 358 g/mol. The second-order valence-electron chi connectivity index (χ2n) is 6.19.